The average molecular weight is 356 g/mol. The Morgan fingerprint density at radius 2 is 2.08 bits per heavy atom. The molecule has 7 heteroatoms. The first-order valence-electron chi connectivity index (χ1n) is 8.43. The molecule has 0 spiro atoms. The molecule has 0 unspecified atom stereocenters. The standard InChI is InChI=1S/C17H28N2O4S/c1-23-10-5-11-24(21,22)18-12-15-6-2-3-7-16(15)13-19-9-4-8-17(19)14-20/h2-3,6-7,17-18,20H,4-5,8-14H2,1H3/t17-/m0/s1. The van der Waals surface area contributed by atoms with E-state index in [2.05, 4.69) is 9.62 Å². The van der Waals surface area contributed by atoms with Crippen LogP contribution in [-0.2, 0) is 27.8 Å². The summed E-state index contributed by atoms with van der Waals surface area (Å²) >= 11 is 0. The summed E-state index contributed by atoms with van der Waals surface area (Å²) in [5, 5.41) is 9.45. The molecule has 1 saturated heterocycles. The molecule has 0 bridgehead atoms. The second kappa shape index (κ2) is 9.48. The molecule has 0 radical (unpaired) electrons. The molecule has 0 saturated carbocycles. The van der Waals surface area contributed by atoms with Crippen molar-refractivity contribution in [1.29, 1.82) is 0 Å². The van der Waals surface area contributed by atoms with Gasteiger partial charge in [0.25, 0.3) is 0 Å². The molecule has 0 amide bonds. The van der Waals surface area contributed by atoms with Gasteiger partial charge in [-0.2, -0.15) is 0 Å². The Hall–Kier alpha value is -0.990. The lowest BCUT2D eigenvalue weighted by atomic mass is 10.1. The number of rotatable bonds is 10. The SMILES string of the molecule is COCCCS(=O)(=O)NCc1ccccc1CN1CCC[C@H]1CO. The first-order chi connectivity index (χ1) is 11.6. The number of benzene rings is 1. The van der Waals surface area contributed by atoms with E-state index in [0.717, 1.165) is 37.1 Å². The van der Waals surface area contributed by atoms with Crippen LogP contribution in [-0.4, -0.2) is 57.1 Å². The van der Waals surface area contributed by atoms with E-state index in [4.69, 9.17) is 4.74 Å². The van der Waals surface area contributed by atoms with Crippen molar-refractivity contribution < 1.29 is 18.3 Å². The van der Waals surface area contributed by atoms with Gasteiger partial charge in [-0.15, -0.1) is 0 Å². The van der Waals surface area contributed by atoms with Gasteiger partial charge in [-0.25, -0.2) is 13.1 Å². The van der Waals surface area contributed by atoms with E-state index in [1.165, 1.54) is 0 Å². The Kier molecular flexibility index (Phi) is 7.64. The number of hydrogen-bond acceptors (Lipinski definition) is 5. The van der Waals surface area contributed by atoms with Gasteiger partial charge in [-0.05, 0) is 36.9 Å². The van der Waals surface area contributed by atoms with Gasteiger partial charge < -0.3 is 9.84 Å². The molecule has 1 aromatic rings. The number of aliphatic hydroxyl groups is 1. The average Bonchev–Trinajstić information content (AvgIpc) is 3.01. The summed E-state index contributed by atoms with van der Waals surface area (Å²) in [7, 11) is -1.73. The van der Waals surface area contributed by atoms with Gasteiger partial charge in [0, 0.05) is 32.8 Å². The number of likely N-dealkylation sites (tertiary alicyclic amines) is 1. The summed E-state index contributed by atoms with van der Waals surface area (Å²) in [5.74, 6) is 0.0711. The molecule has 2 rings (SSSR count). The summed E-state index contributed by atoms with van der Waals surface area (Å²) < 4.78 is 31.6. The summed E-state index contributed by atoms with van der Waals surface area (Å²) in [6, 6.07) is 8.09. The summed E-state index contributed by atoms with van der Waals surface area (Å²) in [4.78, 5) is 2.27. The number of nitrogens with one attached hydrogen (secondary N) is 1. The van der Waals surface area contributed by atoms with Crippen LogP contribution in [0.2, 0.25) is 0 Å². The lowest BCUT2D eigenvalue weighted by Gasteiger charge is -2.24. The quantitative estimate of drug-likeness (QED) is 0.614. The topological polar surface area (TPSA) is 78.9 Å². The highest BCUT2D eigenvalue weighted by Crippen LogP contribution is 2.21. The number of aliphatic hydroxyl groups excluding tert-OH is 1. The zero-order valence-electron chi connectivity index (χ0n) is 14.3. The highest BCUT2D eigenvalue weighted by molar-refractivity contribution is 7.89. The lowest BCUT2D eigenvalue weighted by Crippen LogP contribution is -2.32. The first kappa shape index (κ1) is 19.3. The summed E-state index contributed by atoms with van der Waals surface area (Å²) in [6.45, 7) is 2.63. The van der Waals surface area contributed by atoms with E-state index < -0.39 is 10.0 Å². The fourth-order valence-electron chi connectivity index (χ4n) is 3.07. The van der Waals surface area contributed by atoms with Crippen LogP contribution < -0.4 is 4.72 Å². The van der Waals surface area contributed by atoms with E-state index in [1.807, 2.05) is 24.3 Å². The predicted octanol–water partition coefficient (Wildman–Crippen LogP) is 1.10. The van der Waals surface area contributed by atoms with Crippen molar-refractivity contribution in [3.8, 4) is 0 Å². The lowest BCUT2D eigenvalue weighted by molar-refractivity contribution is 0.153. The Labute approximate surface area is 144 Å². The van der Waals surface area contributed by atoms with Crippen molar-refractivity contribution in [2.45, 2.75) is 38.4 Å². The van der Waals surface area contributed by atoms with E-state index in [1.54, 1.807) is 7.11 Å². The van der Waals surface area contributed by atoms with Gasteiger partial charge in [0.05, 0.1) is 12.4 Å². The fourth-order valence-corrected chi connectivity index (χ4v) is 4.08. The minimum atomic E-state index is -3.30. The van der Waals surface area contributed by atoms with Gasteiger partial charge in [-0.3, -0.25) is 4.90 Å². The van der Waals surface area contributed by atoms with Crippen LogP contribution in [0, 0.1) is 0 Å². The van der Waals surface area contributed by atoms with Crippen molar-refractivity contribution in [2.75, 3.05) is 32.6 Å². The normalized spacial score (nSPS) is 19.0. The molecule has 6 nitrogen and oxygen atoms in total. The maximum Gasteiger partial charge on any atom is 0.211 e. The van der Waals surface area contributed by atoms with Gasteiger partial charge in [0.2, 0.25) is 10.0 Å². The highest BCUT2D eigenvalue weighted by Gasteiger charge is 2.24. The van der Waals surface area contributed by atoms with Crippen LogP contribution in [0.4, 0.5) is 0 Å². The van der Waals surface area contributed by atoms with Crippen molar-refractivity contribution in [2.24, 2.45) is 0 Å². The molecular weight excluding hydrogens is 328 g/mol. The van der Waals surface area contributed by atoms with Gasteiger partial charge >= 0.3 is 0 Å². The molecule has 2 N–H and O–H groups in total. The molecule has 0 aliphatic carbocycles. The fraction of sp³-hybridized carbons (Fsp3) is 0.647. The second-order valence-electron chi connectivity index (χ2n) is 6.20. The van der Waals surface area contributed by atoms with Crippen LogP contribution >= 0.6 is 0 Å². The molecule has 1 atom stereocenters. The van der Waals surface area contributed by atoms with Gasteiger partial charge in [0.15, 0.2) is 0 Å². The molecule has 136 valence electrons. The zero-order chi connectivity index (χ0) is 17.4. The van der Waals surface area contributed by atoms with E-state index in [-0.39, 0.29) is 18.4 Å². The minimum Gasteiger partial charge on any atom is -0.395 e. The van der Waals surface area contributed by atoms with Crippen LogP contribution in [0.5, 0.6) is 0 Å². The predicted molar refractivity (Wildman–Crippen MR) is 94.1 cm³/mol. The van der Waals surface area contributed by atoms with Crippen LogP contribution in [0.3, 0.4) is 0 Å². The third-order valence-electron chi connectivity index (χ3n) is 4.45. The van der Waals surface area contributed by atoms with Crippen molar-refractivity contribution in [1.82, 2.24) is 9.62 Å². The molecule has 1 aliphatic rings. The molecule has 1 aliphatic heterocycles. The van der Waals surface area contributed by atoms with Crippen LogP contribution in [0.15, 0.2) is 24.3 Å². The Balaban J connectivity index is 1.96. The smallest absolute Gasteiger partial charge is 0.211 e. The molecule has 1 fully saturated rings. The highest BCUT2D eigenvalue weighted by atomic mass is 32.2. The summed E-state index contributed by atoms with van der Waals surface area (Å²) in [5.41, 5.74) is 2.09. The molecule has 0 aromatic heterocycles. The Morgan fingerprint density at radius 3 is 2.79 bits per heavy atom. The molecule has 24 heavy (non-hydrogen) atoms. The van der Waals surface area contributed by atoms with Gasteiger partial charge in [0.1, 0.15) is 0 Å². The molecular formula is C17H28N2O4S. The number of hydrogen-bond donors (Lipinski definition) is 2. The Morgan fingerprint density at radius 1 is 1.33 bits per heavy atom. The van der Waals surface area contributed by atoms with E-state index >= 15 is 0 Å². The van der Waals surface area contributed by atoms with Crippen molar-refractivity contribution in [3.63, 3.8) is 0 Å². The number of ether oxygens (including phenoxy) is 1. The second-order valence-corrected chi connectivity index (χ2v) is 8.13. The number of sulfonamides is 1. The number of methoxy groups -OCH3 is 1. The van der Waals surface area contributed by atoms with E-state index in [0.29, 0.717) is 19.6 Å². The third-order valence-corrected chi connectivity index (χ3v) is 5.86. The summed E-state index contributed by atoms with van der Waals surface area (Å²) in [6.07, 6.45) is 2.60. The maximum atomic E-state index is 12.0. The molecule has 1 aromatic carbocycles. The monoisotopic (exact) mass is 356 g/mol. The van der Waals surface area contributed by atoms with Crippen LogP contribution in [0.25, 0.3) is 0 Å². The van der Waals surface area contributed by atoms with Crippen molar-refractivity contribution >= 4 is 10.0 Å². The maximum absolute atomic E-state index is 12.0. The molecule has 1 heterocycles. The van der Waals surface area contributed by atoms with E-state index in [9.17, 15) is 13.5 Å². The largest absolute Gasteiger partial charge is 0.395 e. The van der Waals surface area contributed by atoms with Crippen molar-refractivity contribution in [3.05, 3.63) is 35.4 Å². The third kappa shape index (κ3) is 5.82. The van der Waals surface area contributed by atoms with Gasteiger partial charge in [-0.1, -0.05) is 24.3 Å². The number of nitrogens with zero attached hydrogens (tertiary/aromatic N) is 1. The minimum absolute atomic E-state index is 0.0711. The zero-order valence-corrected chi connectivity index (χ0v) is 15.1. The first-order valence-corrected chi connectivity index (χ1v) is 10.1. The Bertz CT molecular complexity index is 606. The van der Waals surface area contributed by atoms with Crippen LogP contribution in [0.1, 0.15) is 30.4 Å².